The molecule has 1 aliphatic heterocycles. The lowest BCUT2D eigenvalue weighted by molar-refractivity contribution is -0.162. The predicted molar refractivity (Wildman–Crippen MR) is 133 cm³/mol. The maximum Gasteiger partial charge on any atom is 0.191 e. The Kier molecular flexibility index (Phi) is 5.95. The highest BCUT2D eigenvalue weighted by molar-refractivity contribution is 7.99. The molecule has 6 rings (SSSR count). The van der Waals surface area contributed by atoms with Crippen molar-refractivity contribution in [2.75, 3.05) is 17.7 Å². The topological polar surface area (TPSA) is 107 Å². The van der Waals surface area contributed by atoms with Gasteiger partial charge in [-0.15, -0.1) is 5.10 Å². The van der Waals surface area contributed by atoms with Gasteiger partial charge in [0.2, 0.25) is 0 Å². The van der Waals surface area contributed by atoms with Crippen molar-refractivity contribution in [2.24, 2.45) is 5.92 Å². The van der Waals surface area contributed by atoms with Gasteiger partial charge in [-0.25, -0.2) is 14.6 Å². The Morgan fingerprint density at radius 1 is 1.14 bits per heavy atom. The Bertz CT molecular complexity index is 1200. The molecule has 0 spiro atoms. The highest BCUT2D eigenvalue weighted by Crippen LogP contribution is 2.48. The zero-order valence-electron chi connectivity index (χ0n) is 20.3. The number of hydrogen-bond acceptors (Lipinski definition) is 9. The number of benzene rings is 1. The van der Waals surface area contributed by atoms with Gasteiger partial charge in [0.15, 0.2) is 27.9 Å². The van der Waals surface area contributed by atoms with Gasteiger partial charge >= 0.3 is 0 Å². The van der Waals surface area contributed by atoms with Crippen LogP contribution >= 0.6 is 11.8 Å². The summed E-state index contributed by atoms with van der Waals surface area (Å²) in [5.41, 5.74) is 2.72. The van der Waals surface area contributed by atoms with E-state index >= 15 is 0 Å². The second-order valence-corrected chi connectivity index (χ2v) is 11.3. The summed E-state index contributed by atoms with van der Waals surface area (Å²) in [7, 11) is 0. The van der Waals surface area contributed by atoms with Gasteiger partial charge in [-0.2, -0.15) is 0 Å². The summed E-state index contributed by atoms with van der Waals surface area (Å²) in [4.78, 5) is 9.71. The van der Waals surface area contributed by atoms with Gasteiger partial charge in [-0.3, -0.25) is 0 Å². The first kappa shape index (κ1) is 23.1. The van der Waals surface area contributed by atoms with E-state index in [-0.39, 0.29) is 30.8 Å². The number of nitrogens with zero attached hydrogens (tertiary/aromatic N) is 5. The molecule has 1 saturated heterocycles. The van der Waals surface area contributed by atoms with Crippen LogP contribution in [0.2, 0.25) is 0 Å². The van der Waals surface area contributed by atoms with Crippen molar-refractivity contribution in [2.45, 2.75) is 81.2 Å². The van der Waals surface area contributed by atoms with Crippen LogP contribution in [0.1, 0.15) is 57.6 Å². The van der Waals surface area contributed by atoms with Crippen LogP contribution in [-0.4, -0.2) is 66.5 Å². The first-order valence-electron chi connectivity index (χ1n) is 12.5. The van der Waals surface area contributed by atoms with Crippen LogP contribution in [0.5, 0.6) is 0 Å². The fraction of sp³-hybridized carbons (Fsp3) is 0.600. The third-order valence-corrected chi connectivity index (χ3v) is 8.23. The Morgan fingerprint density at radius 3 is 2.71 bits per heavy atom. The van der Waals surface area contributed by atoms with Gasteiger partial charge in [-0.1, -0.05) is 54.2 Å². The molecule has 3 heterocycles. The van der Waals surface area contributed by atoms with E-state index in [1.54, 1.807) is 11.8 Å². The quantitative estimate of drug-likeness (QED) is 0.356. The second kappa shape index (κ2) is 8.99. The summed E-state index contributed by atoms with van der Waals surface area (Å²) < 4.78 is 14.3. The molecule has 2 aromatic heterocycles. The standard InChI is InChI=1S/C25H32N6O3S/c1-4-10-35-24-27-22(26-17-12-16(17)14-8-6-5-7-9-14)19-23(28-24)31(30-29-19)18-11-15(13-32)20-21(18)34-25(2,3)33-20/h5-9,15-18,20-21,32H,4,10-13H2,1-3H3,(H,26,27,28). The maximum absolute atomic E-state index is 10.0. The molecule has 3 aliphatic rings. The Hall–Kier alpha value is -2.27. The fourth-order valence-electron chi connectivity index (χ4n) is 5.47. The lowest BCUT2D eigenvalue weighted by Gasteiger charge is -2.23. The molecule has 3 fully saturated rings. The van der Waals surface area contributed by atoms with Crippen LogP contribution in [0.3, 0.4) is 0 Å². The van der Waals surface area contributed by atoms with Gasteiger partial charge < -0.3 is 19.9 Å². The molecule has 6 unspecified atom stereocenters. The zero-order valence-corrected chi connectivity index (χ0v) is 21.1. The average molecular weight is 497 g/mol. The molecule has 186 valence electrons. The normalized spacial score (nSPS) is 31.1. The molecule has 0 bridgehead atoms. The lowest BCUT2D eigenvalue weighted by atomic mass is 10.1. The summed E-state index contributed by atoms with van der Waals surface area (Å²) >= 11 is 1.65. The van der Waals surface area contributed by atoms with Crippen molar-refractivity contribution in [3.8, 4) is 0 Å². The largest absolute Gasteiger partial charge is 0.396 e. The van der Waals surface area contributed by atoms with Crippen LogP contribution in [0, 0.1) is 5.92 Å². The van der Waals surface area contributed by atoms with Crippen LogP contribution in [-0.2, 0) is 9.47 Å². The van der Waals surface area contributed by atoms with Crippen LogP contribution in [0.25, 0.3) is 11.2 Å². The monoisotopic (exact) mass is 496 g/mol. The SMILES string of the molecule is CCCSc1nc(NC2CC2c2ccccc2)c2nnn(C3CC(CO)C4OC(C)(C)OC43)c2n1. The number of anilines is 1. The van der Waals surface area contributed by atoms with Crippen molar-refractivity contribution >= 4 is 28.7 Å². The molecule has 2 N–H and O–H groups in total. The molecule has 9 nitrogen and oxygen atoms in total. The molecule has 2 saturated carbocycles. The van der Waals surface area contributed by atoms with Gasteiger partial charge in [0.25, 0.3) is 0 Å². The average Bonchev–Trinajstić information content (AvgIpc) is 3.18. The number of hydrogen-bond donors (Lipinski definition) is 2. The van der Waals surface area contributed by atoms with Crippen molar-refractivity contribution < 1.29 is 14.6 Å². The van der Waals surface area contributed by atoms with E-state index in [4.69, 9.17) is 19.4 Å². The number of ether oxygens (including phenoxy) is 2. The molecule has 3 aromatic rings. The second-order valence-electron chi connectivity index (χ2n) is 10.2. The van der Waals surface area contributed by atoms with Crippen LogP contribution in [0.15, 0.2) is 35.5 Å². The maximum atomic E-state index is 10.0. The number of rotatable bonds is 8. The smallest absolute Gasteiger partial charge is 0.191 e. The Labute approximate surface area is 209 Å². The molecular weight excluding hydrogens is 464 g/mol. The molecule has 2 aliphatic carbocycles. The molecule has 10 heteroatoms. The minimum atomic E-state index is -0.694. The van der Waals surface area contributed by atoms with Crippen molar-refractivity contribution in [3.05, 3.63) is 35.9 Å². The van der Waals surface area contributed by atoms with E-state index in [1.165, 1.54) is 5.56 Å². The molecule has 35 heavy (non-hydrogen) atoms. The van der Waals surface area contributed by atoms with Gasteiger partial charge in [-0.05, 0) is 38.7 Å². The highest BCUT2D eigenvalue weighted by atomic mass is 32.2. The zero-order chi connectivity index (χ0) is 24.2. The first-order chi connectivity index (χ1) is 17.0. The van der Waals surface area contributed by atoms with E-state index in [1.807, 2.05) is 24.6 Å². The molecule has 1 aromatic carbocycles. The van der Waals surface area contributed by atoms with Gasteiger partial charge in [0.1, 0.15) is 6.10 Å². The van der Waals surface area contributed by atoms with E-state index < -0.39 is 5.79 Å². The number of fused-ring (bicyclic) bond motifs is 2. The molecule has 0 radical (unpaired) electrons. The third kappa shape index (κ3) is 4.30. The minimum absolute atomic E-state index is 0.0162. The Morgan fingerprint density at radius 2 is 1.94 bits per heavy atom. The number of aromatic nitrogens is 5. The summed E-state index contributed by atoms with van der Waals surface area (Å²) in [6, 6.07) is 10.8. The number of aliphatic hydroxyl groups excluding tert-OH is 1. The number of nitrogens with one attached hydrogen (secondary N) is 1. The minimum Gasteiger partial charge on any atom is -0.396 e. The van der Waals surface area contributed by atoms with E-state index in [2.05, 4.69) is 46.8 Å². The van der Waals surface area contributed by atoms with Gasteiger partial charge in [0, 0.05) is 30.2 Å². The molecule has 6 atom stereocenters. The number of aliphatic hydroxyl groups is 1. The van der Waals surface area contributed by atoms with Crippen LogP contribution in [0.4, 0.5) is 5.82 Å². The predicted octanol–water partition coefficient (Wildman–Crippen LogP) is 3.76. The number of thioether (sulfide) groups is 1. The van der Waals surface area contributed by atoms with Crippen molar-refractivity contribution in [1.29, 1.82) is 0 Å². The summed E-state index contributed by atoms with van der Waals surface area (Å²) in [5, 5.41) is 23.4. The summed E-state index contributed by atoms with van der Waals surface area (Å²) in [6.07, 6.45) is 2.41. The molecular formula is C25H32N6O3S. The van der Waals surface area contributed by atoms with Crippen LogP contribution < -0.4 is 5.32 Å². The van der Waals surface area contributed by atoms with Crippen molar-refractivity contribution in [3.63, 3.8) is 0 Å². The first-order valence-corrected chi connectivity index (χ1v) is 13.5. The Balaban J connectivity index is 1.33. The lowest BCUT2D eigenvalue weighted by Crippen LogP contribution is -2.28. The van der Waals surface area contributed by atoms with Crippen molar-refractivity contribution in [1.82, 2.24) is 25.0 Å². The fourth-order valence-corrected chi connectivity index (χ4v) is 6.16. The van der Waals surface area contributed by atoms with Gasteiger partial charge in [0.05, 0.1) is 12.1 Å². The third-order valence-electron chi connectivity index (χ3n) is 7.18. The van der Waals surface area contributed by atoms with E-state index in [9.17, 15) is 5.11 Å². The molecule has 0 amide bonds. The van der Waals surface area contributed by atoms with E-state index in [0.29, 0.717) is 29.5 Å². The highest BCUT2D eigenvalue weighted by Gasteiger charge is 2.55. The summed E-state index contributed by atoms with van der Waals surface area (Å²) in [6.45, 7) is 6.03. The van der Waals surface area contributed by atoms with E-state index in [0.717, 1.165) is 29.6 Å². The summed E-state index contributed by atoms with van der Waals surface area (Å²) in [5.74, 6) is 1.43.